The molecule has 1 heterocycles. The molecule has 1 fully saturated rings. The summed E-state index contributed by atoms with van der Waals surface area (Å²) in [6.45, 7) is 2.76. The van der Waals surface area contributed by atoms with Gasteiger partial charge in [-0.25, -0.2) is 4.98 Å². The Morgan fingerprint density at radius 3 is 2.73 bits per heavy atom. The van der Waals surface area contributed by atoms with Crippen LogP contribution in [0.4, 0.5) is 0 Å². The molecule has 1 aromatic rings. The summed E-state index contributed by atoms with van der Waals surface area (Å²) in [5.74, 6) is 0.716. The Kier molecular flexibility index (Phi) is 2.65. The number of nitrogens with zero attached hydrogens (tertiary/aromatic N) is 1. The second kappa shape index (κ2) is 3.81. The molecule has 0 bridgehead atoms. The van der Waals surface area contributed by atoms with Crippen molar-refractivity contribution in [2.45, 2.75) is 31.6 Å². The first-order valence-corrected chi connectivity index (χ1v) is 5.43. The molecule has 3 nitrogen and oxygen atoms in total. The third-order valence-corrected chi connectivity index (χ3v) is 3.23. The van der Waals surface area contributed by atoms with Crippen LogP contribution in [0.2, 0.25) is 0 Å². The molecule has 82 valence electrons. The van der Waals surface area contributed by atoms with Crippen LogP contribution >= 0.6 is 0 Å². The average Bonchev–Trinajstić information content (AvgIpc) is 2.98. The molecule has 0 saturated heterocycles. The number of methoxy groups -OCH3 is 1. The Morgan fingerprint density at radius 2 is 2.20 bits per heavy atom. The van der Waals surface area contributed by atoms with Gasteiger partial charge in [-0.05, 0) is 49.8 Å². The van der Waals surface area contributed by atoms with Crippen molar-refractivity contribution in [2.24, 2.45) is 5.73 Å². The quantitative estimate of drug-likeness (QED) is 0.817. The normalized spacial score (nSPS) is 17.5. The van der Waals surface area contributed by atoms with Crippen LogP contribution in [-0.4, -0.2) is 18.6 Å². The van der Waals surface area contributed by atoms with Gasteiger partial charge < -0.3 is 10.5 Å². The van der Waals surface area contributed by atoms with E-state index in [0.29, 0.717) is 11.3 Å². The summed E-state index contributed by atoms with van der Waals surface area (Å²) >= 11 is 0. The standard InChI is InChI=1S/C12H18N2O/c1-9-7-10(8-11(14-9)15-2)12(3-4-12)5-6-13/h7-8H,3-6,13H2,1-2H3. The monoisotopic (exact) mass is 206 g/mol. The molecule has 3 heteroatoms. The largest absolute Gasteiger partial charge is 0.481 e. The van der Waals surface area contributed by atoms with Crippen molar-refractivity contribution < 1.29 is 4.74 Å². The van der Waals surface area contributed by atoms with Crippen LogP contribution in [-0.2, 0) is 5.41 Å². The molecule has 15 heavy (non-hydrogen) atoms. The molecule has 0 radical (unpaired) electrons. The van der Waals surface area contributed by atoms with E-state index < -0.39 is 0 Å². The van der Waals surface area contributed by atoms with E-state index in [1.54, 1.807) is 7.11 Å². The summed E-state index contributed by atoms with van der Waals surface area (Å²) in [5, 5.41) is 0. The summed E-state index contributed by atoms with van der Waals surface area (Å²) in [6.07, 6.45) is 3.56. The predicted octanol–water partition coefficient (Wildman–Crippen LogP) is 1.78. The number of aromatic nitrogens is 1. The van der Waals surface area contributed by atoms with E-state index in [9.17, 15) is 0 Å². The molecule has 1 aliphatic carbocycles. The van der Waals surface area contributed by atoms with Gasteiger partial charge in [-0.3, -0.25) is 0 Å². The third kappa shape index (κ3) is 1.97. The maximum atomic E-state index is 5.65. The first-order valence-electron chi connectivity index (χ1n) is 5.43. The fourth-order valence-electron chi connectivity index (χ4n) is 2.16. The second-order valence-electron chi connectivity index (χ2n) is 4.36. The lowest BCUT2D eigenvalue weighted by molar-refractivity contribution is 0.395. The lowest BCUT2D eigenvalue weighted by atomic mass is 9.92. The minimum Gasteiger partial charge on any atom is -0.481 e. The smallest absolute Gasteiger partial charge is 0.213 e. The molecule has 0 aromatic carbocycles. The van der Waals surface area contributed by atoms with Crippen LogP contribution in [0.25, 0.3) is 0 Å². The lowest BCUT2D eigenvalue weighted by Gasteiger charge is -2.15. The van der Waals surface area contributed by atoms with Crippen molar-refractivity contribution in [1.82, 2.24) is 4.98 Å². The first kappa shape index (κ1) is 10.4. The topological polar surface area (TPSA) is 48.1 Å². The number of hydrogen-bond donors (Lipinski definition) is 1. The molecule has 1 aromatic heterocycles. The van der Waals surface area contributed by atoms with E-state index in [1.807, 2.05) is 6.92 Å². The Morgan fingerprint density at radius 1 is 1.47 bits per heavy atom. The maximum Gasteiger partial charge on any atom is 0.213 e. The SMILES string of the molecule is COc1cc(C2(CCN)CC2)cc(C)n1. The molecule has 1 saturated carbocycles. The summed E-state index contributed by atoms with van der Waals surface area (Å²) in [6, 6.07) is 4.21. The van der Waals surface area contributed by atoms with Gasteiger partial charge in [0.25, 0.3) is 0 Å². The zero-order chi connectivity index (χ0) is 10.9. The van der Waals surface area contributed by atoms with Crippen LogP contribution in [0.15, 0.2) is 12.1 Å². The second-order valence-corrected chi connectivity index (χ2v) is 4.36. The highest BCUT2D eigenvalue weighted by atomic mass is 16.5. The predicted molar refractivity (Wildman–Crippen MR) is 60.1 cm³/mol. The Bertz CT molecular complexity index is 359. The highest BCUT2D eigenvalue weighted by Gasteiger charge is 2.43. The highest BCUT2D eigenvalue weighted by Crippen LogP contribution is 2.51. The van der Waals surface area contributed by atoms with Crippen LogP contribution < -0.4 is 10.5 Å². The minimum atomic E-state index is 0.329. The molecule has 0 spiro atoms. The number of ether oxygens (including phenoxy) is 1. The van der Waals surface area contributed by atoms with Gasteiger partial charge in [0.1, 0.15) is 0 Å². The highest BCUT2D eigenvalue weighted by molar-refractivity contribution is 5.35. The maximum absolute atomic E-state index is 5.65. The molecule has 0 unspecified atom stereocenters. The van der Waals surface area contributed by atoms with E-state index in [1.165, 1.54) is 18.4 Å². The van der Waals surface area contributed by atoms with Gasteiger partial charge >= 0.3 is 0 Å². The van der Waals surface area contributed by atoms with E-state index in [-0.39, 0.29) is 0 Å². The Balaban J connectivity index is 2.31. The zero-order valence-corrected chi connectivity index (χ0v) is 9.42. The number of nitrogens with two attached hydrogens (primary N) is 1. The number of rotatable bonds is 4. The van der Waals surface area contributed by atoms with Gasteiger partial charge in [-0.1, -0.05) is 0 Å². The third-order valence-electron chi connectivity index (χ3n) is 3.23. The van der Waals surface area contributed by atoms with Crippen LogP contribution in [0.1, 0.15) is 30.5 Å². The summed E-state index contributed by atoms with van der Waals surface area (Å²) < 4.78 is 5.19. The van der Waals surface area contributed by atoms with E-state index in [0.717, 1.165) is 18.7 Å². The first-order chi connectivity index (χ1) is 7.20. The Hall–Kier alpha value is -1.09. The summed E-state index contributed by atoms with van der Waals surface area (Å²) in [4.78, 5) is 4.30. The molecule has 0 amide bonds. The molecule has 0 atom stereocenters. The van der Waals surface area contributed by atoms with Gasteiger partial charge in [0.05, 0.1) is 7.11 Å². The zero-order valence-electron chi connectivity index (χ0n) is 9.42. The molecular weight excluding hydrogens is 188 g/mol. The Labute approximate surface area is 90.7 Å². The van der Waals surface area contributed by atoms with E-state index >= 15 is 0 Å². The van der Waals surface area contributed by atoms with Gasteiger partial charge in [-0.15, -0.1) is 0 Å². The lowest BCUT2D eigenvalue weighted by Crippen LogP contribution is -2.14. The molecular formula is C12H18N2O. The molecule has 2 rings (SSSR count). The van der Waals surface area contributed by atoms with Crippen LogP contribution in [0.5, 0.6) is 5.88 Å². The van der Waals surface area contributed by atoms with Crippen molar-refractivity contribution in [3.63, 3.8) is 0 Å². The van der Waals surface area contributed by atoms with Gasteiger partial charge in [-0.2, -0.15) is 0 Å². The van der Waals surface area contributed by atoms with Crippen molar-refractivity contribution in [3.8, 4) is 5.88 Å². The fourth-order valence-corrected chi connectivity index (χ4v) is 2.16. The average molecular weight is 206 g/mol. The van der Waals surface area contributed by atoms with Crippen LogP contribution in [0, 0.1) is 6.92 Å². The molecule has 1 aliphatic rings. The van der Waals surface area contributed by atoms with Gasteiger partial charge in [0.2, 0.25) is 5.88 Å². The van der Waals surface area contributed by atoms with Crippen molar-refractivity contribution in [1.29, 1.82) is 0 Å². The van der Waals surface area contributed by atoms with Crippen LogP contribution in [0.3, 0.4) is 0 Å². The summed E-state index contributed by atoms with van der Waals surface area (Å²) in [5.41, 5.74) is 8.35. The molecule has 2 N–H and O–H groups in total. The fraction of sp³-hybridized carbons (Fsp3) is 0.583. The number of pyridine rings is 1. The van der Waals surface area contributed by atoms with Gasteiger partial charge in [0, 0.05) is 11.8 Å². The molecule has 0 aliphatic heterocycles. The van der Waals surface area contributed by atoms with Gasteiger partial charge in [0.15, 0.2) is 0 Å². The van der Waals surface area contributed by atoms with E-state index in [4.69, 9.17) is 10.5 Å². The van der Waals surface area contributed by atoms with Crippen molar-refractivity contribution in [3.05, 3.63) is 23.4 Å². The summed E-state index contributed by atoms with van der Waals surface area (Å²) in [7, 11) is 1.66. The number of aryl methyl sites for hydroxylation is 1. The van der Waals surface area contributed by atoms with E-state index in [2.05, 4.69) is 17.1 Å². The van der Waals surface area contributed by atoms with Crippen molar-refractivity contribution >= 4 is 0 Å². The van der Waals surface area contributed by atoms with Crippen molar-refractivity contribution in [2.75, 3.05) is 13.7 Å². The minimum absolute atomic E-state index is 0.329. The number of hydrogen-bond acceptors (Lipinski definition) is 3.